The zero-order valence-electron chi connectivity index (χ0n) is 9.90. The highest BCUT2D eigenvalue weighted by atomic mass is 16.5. The number of esters is 1. The minimum absolute atomic E-state index is 0.0510. The predicted octanol–water partition coefficient (Wildman–Crippen LogP) is 1.27. The maximum atomic E-state index is 11.0. The fourth-order valence-electron chi connectivity index (χ4n) is 1.22. The Morgan fingerprint density at radius 2 is 2.17 bits per heavy atom. The first-order valence-corrected chi connectivity index (χ1v) is 5.32. The minimum Gasteiger partial charge on any atom is -0.478 e. The van der Waals surface area contributed by atoms with E-state index in [1.165, 1.54) is 18.2 Å². The first-order chi connectivity index (χ1) is 8.54. The van der Waals surface area contributed by atoms with Crippen molar-refractivity contribution >= 4 is 17.6 Å². The molecule has 94 valence electrons. The van der Waals surface area contributed by atoms with Crippen LogP contribution in [0.15, 0.2) is 18.2 Å². The van der Waals surface area contributed by atoms with Crippen molar-refractivity contribution in [3.05, 3.63) is 29.3 Å². The topological polar surface area (TPSA) is 89.6 Å². The molecule has 0 aromatic heterocycles. The van der Waals surface area contributed by atoms with E-state index >= 15 is 0 Å². The lowest BCUT2D eigenvalue weighted by molar-refractivity contribution is -0.141. The van der Waals surface area contributed by atoms with E-state index in [1.807, 2.05) is 0 Å². The van der Waals surface area contributed by atoms with Crippen LogP contribution in [0.2, 0.25) is 0 Å². The number of hydrogen-bond donors (Lipinski definition) is 2. The quantitative estimate of drug-likeness (QED) is 0.477. The van der Waals surface area contributed by atoms with Gasteiger partial charge >= 0.3 is 11.9 Å². The van der Waals surface area contributed by atoms with Crippen molar-refractivity contribution in [3.63, 3.8) is 0 Å². The normalized spacial score (nSPS) is 9.17. The molecule has 1 aromatic carbocycles. The van der Waals surface area contributed by atoms with Gasteiger partial charge in [-0.1, -0.05) is 11.8 Å². The largest absolute Gasteiger partial charge is 0.478 e. The first kappa shape index (κ1) is 13.6. The molecule has 0 heterocycles. The number of aromatic carboxylic acids is 1. The van der Waals surface area contributed by atoms with Crippen LogP contribution >= 0.6 is 0 Å². The van der Waals surface area contributed by atoms with Gasteiger partial charge in [-0.2, -0.15) is 0 Å². The average molecular weight is 247 g/mol. The summed E-state index contributed by atoms with van der Waals surface area (Å²) in [6.07, 6.45) is -0.0510. The number of benzene rings is 1. The SMILES string of the molecule is CCOC(=O)CC#Cc1cc(C(=O)O)ccc1N. The zero-order chi connectivity index (χ0) is 13.5. The number of nitrogen functional groups attached to an aromatic ring is 1. The van der Waals surface area contributed by atoms with Crippen molar-refractivity contribution in [2.75, 3.05) is 12.3 Å². The van der Waals surface area contributed by atoms with Gasteiger partial charge in [-0.15, -0.1) is 0 Å². The Morgan fingerprint density at radius 1 is 1.44 bits per heavy atom. The number of carbonyl (C=O) groups excluding carboxylic acids is 1. The van der Waals surface area contributed by atoms with E-state index in [-0.39, 0.29) is 12.0 Å². The Kier molecular flexibility index (Phi) is 4.76. The zero-order valence-corrected chi connectivity index (χ0v) is 9.90. The van der Waals surface area contributed by atoms with E-state index in [2.05, 4.69) is 11.8 Å². The van der Waals surface area contributed by atoms with Crippen LogP contribution in [0.1, 0.15) is 29.3 Å². The molecule has 0 aliphatic carbocycles. The van der Waals surface area contributed by atoms with Crippen LogP contribution in [0, 0.1) is 11.8 Å². The van der Waals surface area contributed by atoms with Crippen molar-refractivity contribution in [2.45, 2.75) is 13.3 Å². The number of rotatable bonds is 3. The molecule has 1 rings (SSSR count). The molecule has 0 atom stereocenters. The summed E-state index contributed by atoms with van der Waals surface area (Å²) in [5.74, 6) is 3.78. The summed E-state index contributed by atoms with van der Waals surface area (Å²) in [5.41, 5.74) is 6.51. The summed E-state index contributed by atoms with van der Waals surface area (Å²) in [6.45, 7) is 2.01. The molecule has 0 spiro atoms. The molecule has 5 heteroatoms. The Balaban J connectivity index is 2.84. The number of carboxylic acid groups (broad SMARTS) is 1. The molecule has 0 bridgehead atoms. The Hall–Kier alpha value is -2.48. The lowest BCUT2D eigenvalue weighted by Gasteiger charge is -2.00. The highest BCUT2D eigenvalue weighted by molar-refractivity contribution is 5.89. The maximum absolute atomic E-state index is 11.0. The standard InChI is InChI=1S/C13H13NO4/c1-2-18-12(15)5-3-4-9-8-10(13(16)17)6-7-11(9)14/h6-8H,2,5,14H2,1H3,(H,16,17). The molecular formula is C13H13NO4. The van der Waals surface area contributed by atoms with Crippen molar-refractivity contribution in [1.29, 1.82) is 0 Å². The molecule has 0 saturated heterocycles. The summed E-state index contributed by atoms with van der Waals surface area (Å²) >= 11 is 0. The number of carboxylic acids is 1. The maximum Gasteiger partial charge on any atom is 0.335 e. The van der Waals surface area contributed by atoms with Crippen molar-refractivity contribution in [1.82, 2.24) is 0 Å². The first-order valence-electron chi connectivity index (χ1n) is 5.32. The van der Waals surface area contributed by atoms with Crippen LogP contribution in [0.4, 0.5) is 5.69 Å². The van der Waals surface area contributed by atoms with Crippen LogP contribution in [-0.4, -0.2) is 23.7 Å². The highest BCUT2D eigenvalue weighted by Gasteiger charge is 2.05. The Labute approximate surface area is 105 Å². The summed E-state index contributed by atoms with van der Waals surface area (Å²) < 4.78 is 4.71. The van der Waals surface area contributed by atoms with Gasteiger partial charge in [0.15, 0.2) is 0 Å². The average Bonchev–Trinajstić information content (AvgIpc) is 2.31. The summed E-state index contributed by atoms with van der Waals surface area (Å²) in [4.78, 5) is 21.8. The van der Waals surface area contributed by atoms with Gasteiger partial charge in [-0.3, -0.25) is 4.79 Å². The van der Waals surface area contributed by atoms with Gasteiger partial charge in [-0.25, -0.2) is 4.79 Å². The number of carbonyl (C=O) groups is 2. The third-order valence-electron chi connectivity index (χ3n) is 2.06. The fourth-order valence-corrected chi connectivity index (χ4v) is 1.22. The van der Waals surface area contributed by atoms with Crippen LogP contribution in [0.3, 0.4) is 0 Å². The van der Waals surface area contributed by atoms with Gasteiger partial charge in [0.05, 0.1) is 12.2 Å². The Morgan fingerprint density at radius 3 is 2.78 bits per heavy atom. The van der Waals surface area contributed by atoms with Crippen LogP contribution < -0.4 is 5.73 Å². The second-order valence-electron chi connectivity index (χ2n) is 3.39. The molecule has 1 aromatic rings. The summed E-state index contributed by atoms with van der Waals surface area (Å²) in [6, 6.07) is 4.24. The van der Waals surface area contributed by atoms with Crippen molar-refractivity contribution in [2.24, 2.45) is 0 Å². The van der Waals surface area contributed by atoms with E-state index in [0.29, 0.717) is 17.9 Å². The fraction of sp³-hybridized carbons (Fsp3) is 0.231. The van der Waals surface area contributed by atoms with E-state index in [4.69, 9.17) is 15.6 Å². The van der Waals surface area contributed by atoms with Gasteiger partial charge in [0, 0.05) is 11.3 Å². The molecule has 0 aliphatic rings. The van der Waals surface area contributed by atoms with Gasteiger partial charge < -0.3 is 15.6 Å². The van der Waals surface area contributed by atoms with Crippen LogP contribution in [-0.2, 0) is 9.53 Å². The molecule has 0 fully saturated rings. The molecule has 0 amide bonds. The third-order valence-corrected chi connectivity index (χ3v) is 2.06. The Bertz CT molecular complexity index is 526. The van der Waals surface area contributed by atoms with Crippen molar-refractivity contribution in [3.8, 4) is 11.8 Å². The lowest BCUT2D eigenvalue weighted by Crippen LogP contribution is -2.02. The second kappa shape index (κ2) is 6.30. The van der Waals surface area contributed by atoms with Crippen molar-refractivity contribution < 1.29 is 19.4 Å². The highest BCUT2D eigenvalue weighted by Crippen LogP contribution is 2.13. The van der Waals surface area contributed by atoms with Gasteiger partial charge in [0.2, 0.25) is 0 Å². The smallest absolute Gasteiger partial charge is 0.335 e. The number of nitrogens with two attached hydrogens (primary N) is 1. The summed E-state index contributed by atoms with van der Waals surface area (Å²) in [7, 11) is 0. The third kappa shape index (κ3) is 3.83. The molecule has 0 unspecified atom stereocenters. The van der Waals surface area contributed by atoms with E-state index in [1.54, 1.807) is 6.92 Å². The van der Waals surface area contributed by atoms with Gasteiger partial charge in [0.1, 0.15) is 6.42 Å². The van der Waals surface area contributed by atoms with Crippen LogP contribution in [0.5, 0.6) is 0 Å². The van der Waals surface area contributed by atoms with E-state index in [9.17, 15) is 9.59 Å². The molecule has 0 aliphatic heterocycles. The number of hydrogen-bond acceptors (Lipinski definition) is 4. The van der Waals surface area contributed by atoms with E-state index < -0.39 is 11.9 Å². The molecule has 0 saturated carbocycles. The predicted molar refractivity (Wildman–Crippen MR) is 65.9 cm³/mol. The van der Waals surface area contributed by atoms with Gasteiger partial charge in [-0.05, 0) is 25.1 Å². The van der Waals surface area contributed by atoms with Gasteiger partial charge in [0.25, 0.3) is 0 Å². The lowest BCUT2D eigenvalue weighted by atomic mass is 10.1. The molecular weight excluding hydrogens is 234 g/mol. The molecule has 18 heavy (non-hydrogen) atoms. The summed E-state index contributed by atoms with van der Waals surface area (Å²) in [5, 5.41) is 8.82. The molecule has 0 radical (unpaired) electrons. The number of anilines is 1. The molecule has 3 N–H and O–H groups in total. The van der Waals surface area contributed by atoms with E-state index in [0.717, 1.165) is 0 Å². The van der Waals surface area contributed by atoms with Crippen LogP contribution in [0.25, 0.3) is 0 Å². The monoisotopic (exact) mass is 247 g/mol. The molecule has 5 nitrogen and oxygen atoms in total. The second-order valence-corrected chi connectivity index (χ2v) is 3.39. The number of ether oxygens (including phenoxy) is 1. The minimum atomic E-state index is -1.05.